The second-order valence-corrected chi connectivity index (χ2v) is 4.14. The highest BCUT2D eigenvalue weighted by Crippen LogP contribution is 2.20. The Morgan fingerprint density at radius 2 is 1.83 bits per heavy atom. The number of hydrogen-bond donors (Lipinski definition) is 1. The normalized spacial score (nSPS) is 10.2. The zero-order valence-corrected chi connectivity index (χ0v) is 10.5. The average molecular weight is 313 g/mol. The first-order valence-electron chi connectivity index (χ1n) is 4.95. The van der Waals surface area contributed by atoms with Gasteiger partial charge in [0.2, 0.25) is 0 Å². The lowest BCUT2D eigenvalue weighted by atomic mass is 10.2. The van der Waals surface area contributed by atoms with Crippen LogP contribution in [-0.4, -0.2) is 10.9 Å². The summed E-state index contributed by atoms with van der Waals surface area (Å²) in [5, 5.41) is 2.38. The van der Waals surface area contributed by atoms with E-state index in [0.717, 1.165) is 12.1 Å². The van der Waals surface area contributed by atoms with Crippen molar-refractivity contribution in [3.05, 3.63) is 58.3 Å². The molecule has 0 atom stereocenters. The first kappa shape index (κ1) is 12.6. The molecule has 3 nitrogen and oxygen atoms in total. The number of carbonyl (C=O) groups excluding carboxylic acids is 1. The van der Waals surface area contributed by atoms with Crippen LogP contribution in [0, 0.1) is 11.6 Å². The van der Waals surface area contributed by atoms with Gasteiger partial charge in [-0.3, -0.25) is 4.79 Å². The van der Waals surface area contributed by atoms with Crippen LogP contribution in [0.5, 0.6) is 0 Å². The molecule has 6 heteroatoms. The predicted octanol–water partition coefficient (Wildman–Crippen LogP) is 3.37. The molecule has 0 saturated heterocycles. The SMILES string of the molecule is O=C(Nc1cccnc1Br)c1c(F)cccc1F. The Hall–Kier alpha value is -1.82. The molecule has 1 amide bonds. The maximum atomic E-state index is 13.4. The van der Waals surface area contributed by atoms with Crippen molar-refractivity contribution in [3.8, 4) is 0 Å². The zero-order valence-electron chi connectivity index (χ0n) is 8.95. The van der Waals surface area contributed by atoms with Crippen LogP contribution in [0.3, 0.4) is 0 Å². The van der Waals surface area contributed by atoms with Crippen molar-refractivity contribution in [2.24, 2.45) is 0 Å². The van der Waals surface area contributed by atoms with E-state index >= 15 is 0 Å². The van der Waals surface area contributed by atoms with E-state index in [9.17, 15) is 13.6 Å². The van der Waals surface area contributed by atoms with Crippen LogP contribution in [0.4, 0.5) is 14.5 Å². The molecule has 1 aromatic carbocycles. The molecule has 0 spiro atoms. The van der Waals surface area contributed by atoms with Crippen LogP contribution < -0.4 is 5.32 Å². The summed E-state index contributed by atoms with van der Waals surface area (Å²) in [7, 11) is 0. The minimum absolute atomic E-state index is 0.338. The molecule has 0 fully saturated rings. The summed E-state index contributed by atoms with van der Waals surface area (Å²) in [5.41, 5.74) is -0.279. The van der Waals surface area contributed by atoms with Crippen LogP contribution in [-0.2, 0) is 0 Å². The number of aromatic nitrogens is 1. The molecule has 0 saturated carbocycles. The molecule has 0 unspecified atom stereocenters. The van der Waals surface area contributed by atoms with Gasteiger partial charge in [0.15, 0.2) is 0 Å². The summed E-state index contributed by atoms with van der Waals surface area (Å²) in [6.07, 6.45) is 1.52. The summed E-state index contributed by atoms with van der Waals surface area (Å²) >= 11 is 3.12. The standard InChI is InChI=1S/C12H7BrF2N2O/c13-11-9(5-2-6-16-11)17-12(18)10-7(14)3-1-4-8(10)15/h1-6H,(H,17,18). The predicted molar refractivity (Wildman–Crippen MR) is 66.2 cm³/mol. The van der Waals surface area contributed by atoms with Crippen LogP contribution in [0.2, 0.25) is 0 Å². The molecule has 0 aliphatic rings. The summed E-state index contributed by atoms with van der Waals surface area (Å²) in [4.78, 5) is 15.7. The molecule has 1 N–H and O–H groups in total. The van der Waals surface area contributed by atoms with E-state index < -0.39 is 23.1 Å². The molecular formula is C12H7BrF2N2O. The second kappa shape index (κ2) is 5.22. The highest BCUT2D eigenvalue weighted by atomic mass is 79.9. The first-order valence-corrected chi connectivity index (χ1v) is 5.75. The first-order chi connectivity index (χ1) is 8.59. The van der Waals surface area contributed by atoms with E-state index in [1.807, 2.05) is 0 Å². The number of carbonyl (C=O) groups is 1. The summed E-state index contributed by atoms with van der Waals surface area (Å²) in [6.45, 7) is 0. The Kier molecular flexibility index (Phi) is 3.66. The quantitative estimate of drug-likeness (QED) is 0.864. The smallest absolute Gasteiger partial charge is 0.261 e. The van der Waals surface area contributed by atoms with Crippen molar-refractivity contribution >= 4 is 27.5 Å². The zero-order chi connectivity index (χ0) is 13.1. The fourth-order valence-electron chi connectivity index (χ4n) is 1.38. The van der Waals surface area contributed by atoms with Gasteiger partial charge in [-0.2, -0.15) is 0 Å². The van der Waals surface area contributed by atoms with Gasteiger partial charge in [0.25, 0.3) is 5.91 Å². The van der Waals surface area contributed by atoms with Crippen LogP contribution in [0.1, 0.15) is 10.4 Å². The maximum Gasteiger partial charge on any atom is 0.261 e. The number of rotatable bonds is 2. The molecule has 1 heterocycles. The second-order valence-electron chi connectivity index (χ2n) is 3.39. The minimum Gasteiger partial charge on any atom is -0.319 e. The van der Waals surface area contributed by atoms with Crippen molar-refractivity contribution in [1.29, 1.82) is 0 Å². The van der Waals surface area contributed by atoms with Crippen molar-refractivity contribution in [2.75, 3.05) is 5.32 Å². The van der Waals surface area contributed by atoms with E-state index in [4.69, 9.17) is 0 Å². The van der Waals surface area contributed by atoms with E-state index in [1.165, 1.54) is 12.3 Å². The number of hydrogen-bond acceptors (Lipinski definition) is 2. The van der Waals surface area contributed by atoms with Crippen LogP contribution in [0.25, 0.3) is 0 Å². The largest absolute Gasteiger partial charge is 0.319 e. The van der Waals surface area contributed by atoms with E-state index in [-0.39, 0.29) is 0 Å². The summed E-state index contributed by atoms with van der Waals surface area (Å²) in [6, 6.07) is 6.40. The van der Waals surface area contributed by atoms with Crippen molar-refractivity contribution in [2.45, 2.75) is 0 Å². The molecule has 0 bridgehead atoms. The molecule has 1 aromatic heterocycles. The van der Waals surface area contributed by atoms with Gasteiger partial charge in [-0.15, -0.1) is 0 Å². The van der Waals surface area contributed by atoms with Gasteiger partial charge in [-0.25, -0.2) is 13.8 Å². The Bertz CT molecular complexity index is 584. The minimum atomic E-state index is -0.910. The lowest BCUT2D eigenvalue weighted by Gasteiger charge is -2.07. The van der Waals surface area contributed by atoms with Gasteiger partial charge in [-0.1, -0.05) is 6.07 Å². The Morgan fingerprint density at radius 3 is 2.44 bits per heavy atom. The van der Waals surface area contributed by atoms with E-state index in [0.29, 0.717) is 10.3 Å². The number of anilines is 1. The summed E-state index contributed by atoms with van der Waals surface area (Å²) in [5.74, 6) is -2.68. The third kappa shape index (κ3) is 2.53. The molecule has 0 radical (unpaired) electrons. The molecule has 2 rings (SSSR count). The van der Waals surface area contributed by atoms with Crippen molar-refractivity contribution in [3.63, 3.8) is 0 Å². The Morgan fingerprint density at radius 1 is 1.17 bits per heavy atom. The lowest BCUT2D eigenvalue weighted by Crippen LogP contribution is -2.16. The number of amides is 1. The van der Waals surface area contributed by atoms with Gasteiger partial charge in [-0.05, 0) is 40.2 Å². The van der Waals surface area contributed by atoms with Crippen LogP contribution in [0.15, 0.2) is 41.1 Å². The number of nitrogens with one attached hydrogen (secondary N) is 1. The molecule has 92 valence electrons. The van der Waals surface area contributed by atoms with E-state index in [1.54, 1.807) is 12.1 Å². The Balaban J connectivity index is 2.31. The van der Waals surface area contributed by atoms with Gasteiger partial charge < -0.3 is 5.32 Å². The molecule has 0 aliphatic carbocycles. The lowest BCUT2D eigenvalue weighted by molar-refractivity contribution is 0.101. The average Bonchev–Trinajstić information content (AvgIpc) is 2.32. The number of pyridine rings is 1. The third-order valence-corrected chi connectivity index (χ3v) is 2.83. The number of benzene rings is 1. The van der Waals surface area contributed by atoms with Gasteiger partial charge in [0.05, 0.1) is 5.69 Å². The topological polar surface area (TPSA) is 42.0 Å². The fourth-order valence-corrected chi connectivity index (χ4v) is 1.73. The number of halogens is 3. The fraction of sp³-hybridized carbons (Fsp3) is 0. The molecule has 2 aromatic rings. The maximum absolute atomic E-state index is 13.4. The van der Waals surface area contributed by atoms with Gasteiger partial charge in [0.1, 0.15) is 21.8 Å². The van der Waals surface area contributed by atoms with Gasteiger partial charge >= 0.3 is 0 Å². The highest BCUT2D eigenvalue weighted by Gasteiger charge is 2.17. The van der Waals surface area contributed by atoms with Crippen LogP contribution >= 0.6 is 15.9 Å². The summed E-state index contributed by atoms with van der Waals surface area (Å²) < 4.78 is 27.1. The molecular weight excluding hydrogens is 306 g/mol. The third-order valence-electron chi connectivity index (χ3n) is 2.20. The monoisotopic (exact) mass is 312 g/mol. The highest BCUT2D eigenvalue weighted by molar-refractivity contribution is 9.10. The van der Waals surface area contributed by atoms with E-state index in [2.05, 4.69) is 26.2 Å². The molecule has 18 heavy (non-hydrogen) atoms. The van der Waals surface area contributed by atoms with Crippen molar-refractivity contribution in [1.82, 2.24) is 4.98 Å². The van der Waals surface area contributed by atoms with Crippen molar-refractivity contribution < 1.29 is 13.6 Å². The number of nitrogens with zero attached hydrogens (tertiary/aromatic N) is 1. The molecule has 0 aliphatic heterocycles. The Labute approximate surface area is 110 Å². The van der Waals surface area contributed by atoms with Gasteiger partial charge in [0, 0.05) is 6.20 Å².